The number of aromatic nitrogens is 3. The monoisotopic (exact) mass is 911 g/mol. The Kier molecular flexibility index (Phi) is 9.29. The maximum atomic E-state index is 2.47. The molecule has 0 bridgehead atoms. The predicted molar refractivity (Wildman–Crippen MR) is 295 cm³/mol. The molecule has 14 rings (SSSR count). The summed E-state index contributed by atoms with van der Waals surface area (Å²) in [7, 11) is -2.02. The molecule has 330 valence electrons. The standard InChI is InChI=1S/C66H45N3S/c1-5-21-48(22-6-1)67-60-33-16-14-31-56(60)59-45-47(36-42-63(59)67)46-20-19-29-54(44-46)70(51-25-9-3-10-26-51,52-27-11-4-12-28-52)53-39-37-50(38-40-53)68-62-35-18-15-32-58(62)65-64(68)43-41-57-55-30-13-17-34-61(55)69(66(57)65)49-23-7-2-8-24-49/h1-45H. The highest BCUT2D eigenvalue weighted by molar-refractivity contribution is 8.34. The first-order chi connectivity index (χ1) is 34.8. The van der Waals surface area contributed by atoms with E-state index in [0.717, 1.165) is 17.1 Å². The molecule has 70 heavy (non-hydrogen) atoms. The molecule has 0 saturated heterocycles. The van der Waals surface area contributed by atoms with Gasteiger partial charge in [-0.05, 0) is 132 Å². The van der Waals surface area contributed by atoms with E-state index in [9.17, 15) is 0 Å². The SMILES string of the molecule is c1ccc(-n2c3ccccc3c3cc(-c4cccc(S(c5ccccc5)(c5ccccc5)c5ccc(-n6c7ccccc7c7c6ccc6c8ccccc8n(-c8ccccc8)c67)cc5)c4)ccc32)cc1. The van der Waals surface area contributed by atoms with E-state index in [1.807, 2.05) is 0 Å². The Bertz CT molecular complexity index is 4220. The van der Waals surface area contributed by atoms with Crippen molar-refractivity contribution in [3.05, 3.63) is 273 Å². The average Bonchev–Trinajstić information content (AvgIpc) is 4.08. The van der Waals surface area contributed by atoms with Crippen LogP contribution in [0.15, 0.2) is 293 Å². The van der Waals surface area contributed by atoms with Crippen molar-refractivity contribution in [3.63, 3.8) is 0 Å². The van der Waals surface area contributed by atoms with Gasteiger partial charge in [0.25, 0.3) is 0 Å². The summed E-state index contributed by atoms with van der Waals surface area (Å²) >= 11 is 0. The third-order valence-electron chi connectivity index (χ3n) is 14.3. The zero-order valence-electron chi connectivity index (χ0n) is 38.2. The van der Waals surface area contributed by atoms with E-state index in [2.05, 4.69) is 287 Å². The quantitative estimate of drug-likeness (QED) is 0.144. The maximum Gasteiger partial charge on any atom is 0.0641 e. The summed E-state index contributed by atoms with van der Waals surface area (Å²) in [6.45, 7) is 0. The lowest BCUT2D eigenvalue weighted by molar-refractivity contribution is 1.16. The van der Waals surface area contributed by atoms with Gasteiger partial charge >= 0.3 is 0 Å². The zero-order valence-corrected chi connectivity index (χ0v) is 39.0. The highest BCUT2D eigenvalue weighted by atomic mass is 32.3. The van der Waals surface area contributed by atoms with Crippen LogP contribution in [0.3, 0.4) is 0 Å². The van der Waals surface area contributed by atoms with Crippen LogP contribution in [0.5, 0.6) is 0 Å². The molecule has 0 atom stereocenters. The third kappa shape index (κ3) is 6.03. The molecule has 11 aromatic carbocycles. The Morgan fingerprint density at radius 3 is 1.30 bits per heavy atom. The van der Waals surface area contributed by atoms with E-state index in [0.29, 0.717) is 0 Å². The second-order valence-electron chi connectivity index (χ2n) is 18.1. The Hall–Kier alpha value is -8.83. The van der Waals surface area contributed by atoms with Crippen LogP contribution in [-0.2, 0) is 0 Å². The summed E-state index contributed by atoms with van der Waals surface area (Å²) in [5.41, 5.74) is 13.1. The molecule has 0 radical (unpaired) electrons. The van der Waals surface area contributed by atoms with E-state index in [1.54, 1.807) is 0 Å². The summed E-state index contributed by atoms with van der Waals surface area (Å²) in [5.74, 6) is 0. The van der Waals surface area contributed by atoms with E-state index in [4.69, 9.17) is 0 Å². The lowest BCUT2D eigenvalue weighted by Crippen LogP contribution is -2.06. The normalized spacial score (nSPS) is 12.2. The molecule has 3 heterocycles. The van der Waals surface area contributed by atoms with Crippen molar-refractivity contribution in [1.82, 2.24) is 13.7 Å². The van der Waals surface area contributed by atoms with Gasteiger partial charge in [-0.15, -0.1) is 10.0 Å². The second kappa shape index (κ2) is 16.2. The number of benzene rings is 11. The number of rotatable bonds is 8. The smallest absolute Gasteiger partial charge is 0.0641 e. The van der Waals surface area contributed by atoms with Gasteiger partial charge in [-0.3, -0.25) is 0 Å². The molecule has 3 nitrogen and oxygen atoms in total. The van der Waals surface area contributed by atoms with Gasteiger partial charge in [-0.1, -0.05) is 152 Å². The predicted octanol–water partition coefficient (Wildman–Crippen LogP) is 18.0. The van der Waals surface area contributed by atoms with Crippen molar-refractivity contribution >= 4 is 75.4 Å². The summed E-state index contributed by atoms with van der Waals surface area (Å²) in [5, 5.41) is 7.50. The van der Waals surface area contributed by atoms with Crippen molar-refractivity contribution in [1.29, 1.82) is 0 Å². The van der Waals surface area contributed by atoms with Crippen molar-refractivity contribution in [2.75, 3.05) is 0 Å². The molecule has 0 fully saturated rings. The number of para-hydroxylation sites is 5. The molecule has 0 aliphatic rings. The average molecular weight is 912 g/mol. The lowest BCUT2D eigenvalue weighted by Gasteiger charge is -2.42. The molecule has 0 N–H and O–H groups in total. The first-order valence-corrected chi connectivity index (χ1v) is 25.6. The molecule has 4 heteroatoms. The molecule has 0 aliphatic carbocycles. The van der Waals surface area contributed by atoms with Crippen LogP contribution in [0.2, 0.25) is 0 Å². The summed E-state index contributed by atoms with van der Waals surface area (Å²) < 4.78 is 7.31. The van der Waals surface area contributed by atoms with Crippen LogP contribution < -0.4 is 0 Å². The van der Waals surface area contributed by atoms with Crippen LogP contribution in [0.25, 0.3) is 93.6 Å². The number of fused-ring (bicyclic) bond motifs is 10. The number of nitrogens with zero attached hydrogens (tertiary/aromatic N) is 3. The van der Waals surface area contributed by atoms with Crippen molar-refractivity contribution in [2.45, 2.75) is 19.6 Å². The van der Waals surface area contributed by atoms with Crippen molar-refractivity contribution in [2.24, 2.45) is 0 Å². The molecule has 0 spiro atoms. The fourth-order valence-electron chi connectivity index (χ4n) is 11.4. The van der Waals surface area contributed by atoms with Gasteiger partial charge in [0.1, 0.15) is 0 Å². The van der Waals surface area contributed by atoms with Crippen LogP contribution in [0, 0.1) is 0 Å². The maximum absolute atomic E-state index is 2.47. The molecular weight excluding hydrogens is 867 g/mol. The molecule has 0 aliphatic heterocycles. The number of hydrogen-bond donors (Lipinski definition) is 0. The summed E-state index contributed by atoms with van der Waals surface area (Å²) in [6.07, 6.45) is 0. The van der Waals surface area contributed by atoms with Crippen LogP contribution >= 0.6 is 10.0 Å². The topological polar surface area (TPSA) is 14.8 Å². The second-order valence-corrected chi connectivity index (χ2v) is 21.2. The fourth-order valence-corrected chi connectivity index (χ4v) is 15.3. The van der Waals surface area contributed by atoms with Gasteiger partial charge in [0, 0.05) is 69.0 Å². The fraction of sp³-hybridized carbons (Fsp3) is 0. The van der Waals surface area contributed by atoms with E-state index in [1.165, 1.54) is 96.1 Å². The molecule has 3 aromatic heterocycles. The Morgan fingerprint density at radius 1 is 0.229 bits per heavy atom. The van der Waals surface area contributed by atoms with Gasteiger partial charge in [0.2, 0.25) is 0 Å². The first-order valence-electron chi connectivity index (χ1n) is 24.0. The van der Waals surface area contributed by atoms with Gasteiger partial charge in [-0.2, -0.15) is 0 Å². The van der Waals surface area contributed by atoms with Crippen molar-refractivity contribution < 1.29 is 0 Å². The minimum atomic E-state index is -2.02. The van der Waals surface area contributed by atoms with E-state index >= 15 is 0 Å². The highest BCUT2D eigenvalue weighted by Crippen LogP contribution is 2.73. The Morgan fingerprint density at radius 2 is 0.657 bits per heavy atom. The third-order valence-corrected chi connectivity index (χ3v) is 18.2. The zero-order chi connectivity index (χ0) is 46.2. The van der Waals surface area contributed by atoms with Crippen LogP contribution in [-0.4, -0.2) is 13.7 Å². The Balaban J connectivity index is 0.968. The highest BCUT2D eigenvalue weighted by Gasteiger charge is 2.34. The number of hydrogen-bond acceptors (Lipinski definition) is 0. The van der Waals surface area contributed by atoms with E-state index < -0.39 is 10.0 Å². The van der Waals surface area contributed by atoms with Crippen LogP contribution in [0.4, 0.5) is 0 Å². The van der Waals surface area contributed by atoms with Gasteiger partial charge in [0.15, 0.2) is 0 Å². The minimum absolute atomic E-state index is 1.13. The van der Waals surface area contributed by atoms with E-state index in [-0.39, 0.29) is 0 Å². The van der Waals surface area contributed by atoms with Gasteiger partial charge in [-0.25, -0.2) is 0 Å². The molecular formula is C66H45N3S. The van der Waals surface area contributed by atoms with Gasteiger partial charge in [0.05, 0.1) is 33.1 Å². The minimum Gasteiger partial charge on any atom is -0.309 e. The lowest BCUT2D eigenvalue weighted by atomic mass is 10.0. The van der Waals surface area contributed by atoms with Gasteiger partial charge < -0.3 is 13.7 Å². The van der Waals surface area contributed by atoms with Crippen LogP contribution in [0.1, 0.15) is 0 Å². The van der Waals surface area contributed by atoms with Crippen molar-refractivity contribution in [3.8, 4) is 28.2 Å². The first kappa shape index (κ1) is 40.3. The molecule has 0 amide bonds. The molecule has 0 unspecified atom stereocenters. The summed E-state index contributed by atoms with van der Waals surface area (Å²) in [6, 6.07) is 101. The Labute approximate surface area is 407 Å². The largest absolute Gasteiger partial charge is 0.309 e. The molecule has 14 aromatic rings. The molecule has 0 saturated carbocycles. The summed E-state index contributed by atoms with van der Waals surface area (Å²) in [4.78, 5) is 5.15.